The summed E-state index contributed by atoms with van der Waals surface area (Å²) in [7, 11) is 0. The van der Waals surface area contributed by atoms with Gasteiger partial charge in [-0.2, -0.15) is 0 Å². The van der Waals surface area contributed by atoms with Gasteiger partial charge in [-0.1, -0.05) is 42.4 Å². The first-order valence-corrected chi connectivity index (χ1v) is 6.65. The van der Waals surface area contributed by atoms with Crippen molar-refractivity contribution in [3.05, 3.63) is 41.8 Å². The van der Waals surface area contributed by atoms with Gasteiger partial charge in [0.2, 0.25) is 5.89 Å². The number of anilines is 1. The minimum absolute atomic E-state index is 0.583. The van der Waals surface area contributed by atoms with Gasteiger partial charge in [0.05, 0.1) is 6.54 Å². The second-order valence-electron chi connectivity index (χ2n) is 4.26. The minimum Gasteiger partial charge on any atom is -0.407 e. The Morgan fingerprint density at radius 3 is 2.63 bits per heavy atom. The summed E-state index contributed by atoms with van der Waals surface area (Å²) in [5.74, 6) is 0.628. The van der Waals surface area contributed by atoms with Gasteiger partial charge in [-0.15, -0.1) is 5.10 Å². The van der Waals surface area contributed by atoms with E-state index < -0.39 is 0 Å². The van der Waals surface area contributed by atoms with Crippen molar-refractivity contribution in [3.63, 3.8) is 0 Å². The topological polar surface area (TPSA) is 54.2 Å². The van der Waals surface area contributed by atoms with E-state index in [1.165, 1.54) is 5.56 Å². The van der Waals surface area contributed by atoms with Crippen molar-refractivity contribution in [2.24, 2.45) is 0 Å². The van der Waals surface area contributed by atoms with Crippen LogP contribution in [0, 0.1) is 0 Å². The molecule has 0 amide bonds. The van der Waals surface area contributed by atoms with E-state index in [0.717, 1.165) is 19.6 Å². The fraction of sp³-hybridized carbons (Fsp3) is 0.429. The summed E-state index contributed by atoms with van der Waals surface area (Å²) in [6, 6.07) is 10.9. The van der Waals surface area contributed by atoms with Crippen LogP contribution in [0.5, 0.6) is 0 Å². The number of nitrogens with one attached hydrogen (secondary N) is 1. The summed E-state index contributed by atoms with van der Waals surface area (Å²) in [5.41, 5.74) is 1.23. The Morgan fingerprint density at radius 2 is 1.95 bits per heavy atom. The monoisotopic (exact) mass is 260 g/mol. The van der Waals surface area contributed by atoms with Crippen molar-refractivity contribution >= 4 is 6.01 Å². The van der Waals surface area contributed by atoms with E-state index in [2.05, 4.69) is 39.5 Å². The molecule has 0 aliphatic rings. The van der Waals surface area contributed by atoms with Crippen molar-refractivity contribution in [2.75, 3.05) is 18.0 Å². The van der Waals surface area contributed by atoms with Crippen LogP contribution in [0.4, 0.5) is 6.01 Å². The Balaban J connectivity index is 2.03. The molecular formula is C14H20N4O. The van der Waals surface area contributed by atoms with Crippen LogP contribution in [-0.4, -0.2) is 23.3 Å². The third-order valence-corrected chi connectivity index (χ3v) is 2.85. The zero-order valence-corrected chi connectivity index (χ0v) is 11.5. The second kappa shape index (κ2) is 6.89. The van der Waals surface area contributed by atoms with Gasteiger partial charge in [-0.05, 0) is 19.0 Å². The van der Waals surface area contributed by atoms with Gasteiger partial charge in [0.25, 0.3) is 0 Å². The molecule has 0 spiro atoms. The normalized spacial score (nSPS) is 10.6. The number of hydrogen-bond donors (Lipinski definition) is 1. The van der Waals surface area contributed by atoms with Gasteiger partial charge in [0, 0.05) is 13.1 Å². The molecule has 1 aromatic carbocycles. The minimum atomic E-state index is 0.583. The molecule has 19 heavy (non-hydrogen) atoms. The van der Waals surface area contributed by atoms with E-state index in [9.17, 15) is 0 Å². The molecule has 5 nitrogen and oxygen atoms in total. The van der Waals surface area contributed by atoms with Crippen molar-refractivity contribution in [1.82, 2.24) is 15.5 Å². The molecule has 5 heteroatoms. The van der Waals surface area contributed by atoms with Crippen LogP contribution in [0.3, 0.4) is 0 Å². The van der Waals surface area contributed by atoms with Crippen LogP contribution in [0.2, 0.25) is 0 Å². The van der Waals surface area contributed by atoms with Crippen molar-refractivity contribution in [3.8, 4) is 0 Å². The van der Waals surface area contributed by atoms with Gasteiger partial charge in [0.15, 0.2) is 0 Å². The summed E-state index contributed by atoms with van der Waals surface area (Å²) in [5, 5.41) is 11.3. The summed E-state index contributed by atoms with van der Waals surface area (Å²) in [6.45, 7) is 7.24. The largest absolute Gasteiger partial charge is 0.407 e. The highest BCUT2D eigenvalue weighted by atomic mass is 16.4. The molecule has 0 bridgehead atoms. The van der Waals surface area contributed by atoms with E-state index >= 15 is 0 Å². The Labute approximate surface area is 113 Å². The molecule has 0 fully saturated rings. The first kappa shape index (κ1) is 13.5. The van der Waals surface area contributed by atoms with Gasteiger partial charge >= 0.3 is 6.01 Å². The molecule has 102 valence electrons. The lowest BCUT2D eigenvalue weighted by molar-refractivity contribution is 0.464. The zero-order valence-electron chi connectivity index (χ0n) is 11.5. The molecule has 2 rings (SSSR count). The highest BCUT2D eigenvalue weighted by Crippen LogP contribution is 2.15. The lowest BCUT2D eigenvalue weighted by Crippen LogP contribution is -2.22. The summed E-state index contributed by atoms with van der Waals surface area (Å²) < 4.78 is 5.65. The smallest absolute Gasteiger partial charge is 0.318 e. The first-order valence-electron chi connectivity index (χ1n) is 6.65. The highest BCUT2D eigenvalue weighted by Gasteiger charge is 2.13. The maximum Gasteiger partial charge on any atom is 0.318 e. The molecule has 0 radical (unpaired) electrons. The van der Waals surface area contributed by atoms with Crippen LogP contribution in [0.15, 0.2) is 34.7 Å². The third-order valence-electron chi connectivity index (χ3n) is 2.85. The van der Waals surface area contributed by atoms with Gasteiger partial charge in [-0.3, -0.25) is 0 Å². The zero-order chi connectivity index (χ0) is 13.5. The van der Waals surface area contributed by atoms with Crippen LogP contribution in [0.25, 0.3) is 0 Å². The number of benzene rings is 1. The lowest BCUT2D eigenvalue weighted by atomic mass is 10.2. The molecule has 0 unspecified atom stereocenters. The van der Waals surface area contributed by atoms with Gasteiger partial charge in [-0.25, -0.2) is 0 Å². The summed E-state index contributed by atoms with van der Waals surface area (Å²) >= 11 is 0. The Morgan fingerprint density at radius 1 is 1.16 bits per heavy atom. The molecule has 2 aromatic rings. The van der Waals surface area contributed by atoms with Crippen molar-refractivity contribution in [1.29, 1.82) is 0 Å². The third kappa shape index (κ3) is 3.79. The first-order chi connectivity index (χ1) is 9.33. The molecular weight excluding hydrogens is 240 g/mol. The van der Waals surface area contributed by atoms with E-state index in [4.69, 9.17) is 4.42 Å². The Kier molecular flexibility index (Phi) is 4.92. The molecule has 1 N–H and O–H groups in total. The van der Waals surface area contributed by atoms with Crippen molar-refractivity contribution in [2.45, 2.75) is 26.9 Å². The quantitative estimate of drug-likeness (QED) is 0.827. The number of nitrogens with zero attached hydrogens (tertiary/aromatic N) is 3. The average Bonchev–Trinajstić information content (AvgIpc) is 2.92. The number of rotatable bonds is 7. The predicted molar refractivity (Wildman–Crippen MR) is 74.8 cm³/mol. The Hall–Kier alpha value is -1.88. The van der Waals surface area contributed by atoms with E-state index in [-0.39, 0.29) is 0 Å². The second-order valence-corrected chi connectivity index (χ2v) is 4.26. The Bertz CT molecular complexity index is 483. The summed E-state index contributed by atoms with van der Waals surface area (Å²) in [6.07, 6.45) is 0. The molecule has 0 aliphatic carbocycles. The number of aromatic nitrogens is 2. The predicted octanol–water partition coefficient (Wildman–Crippen LogP) is 2.21. The SMILES string of the molecule is CCNCc1nnc(N(CC)Cc2ccccc2)o1. The van der Waals surface area contributed by atoms with Crippen LogP contribution in [0.1, 0.15) is 25.3 Å². The van der Waals surface area contributed by atoms with Crippen molar-refractivity contribution < 1.29 is 4.42 Å². The molecule has 1 aromatic heterocycles. The van der Waals surface area contributed by atoms with E-state index in [1.54, 1.807) is 0 Å². The van der Waals surface area contributed by atoms with Gasteiger partial charge in [0.1, 0.15) is 0 Å². The highest BCUT2D eigenvalue weighted by molar-refractivity contribution is 5.28. The fourth-order valence-electron chi connectivity index (χ4n) is 1.79. The number of hydrogen-bond acceptors (Lipinski definition) is 5. The molecule has 1 heterocycles. The van der Waals surface area contributed by atoms with Crippen LogP contribution in [-0.2, 0) is 13.1 Å². The average molecular weight is 260 g/mol. The summed E-state index contributed by atoms with van der Waals surface area (Å²) in [4.78, 5) is 2.07. The molecule has 0 aliphatic heterocycles. The van der Waals surface area contributed by atoms with Crippen LogP contribution >= 0.6 is 0 Å². The van der Waals surface area contributed by atoms with Gasteiger partial charge < -0.3 is 14.6 Å². The molecule has 0 atom stereocenters. The molecule has 0 saturated heterocycles. The fourth-order valence-corrected chi connectivity index (χ4v) is 1.79. The van der Waals surface area contributed by atoms with E-state index in [1.807, 2.05) is 25.1 Å². The maximum atomic E-state index is 5.65. The van der Waals surface area contributed by atoms with Crippen LogP contribution < -0.4 is 10.2 Å². The molecule has 0 saturated carbocycles. The standard InChI is InChI=1S/C14H20N4O/c1-3-15-10-13-16-17-14(19-13)18(4-2)11-12-8-6-5-7-9-12/h5-9,15H,3-4,10-11H2,1-2H3. The van der Waals surface area contributed by atoms with E-state index in [0.29, 0.717) is 18.5 Å². The maximum absolute atomic E-state index is 5.65. The lowest BCUT2D eigenvalue weighted by Gasteiger charge is -2.17.